The Hall–Kier alpha value is -10.0. The van der Waals surface area contributed by atoms with Gasteiger partial charge in [-0.05, 0) is 121 Å². The summed E-state index contributed by atoms with van der Waals surface area (Å²) in [5.41, 5.74) is 20.6. The summed E-state index contributed by atoms with van der Waals surface area (Å²) in [7, 11) is 0. The van der Waals surface area contributed by atoms with Gasteiger partial charge in [0.1, 0.15) is 0 Å². The Kier molecular flexibility index (Phi) is 26.4. The number of hydrogen-bond donors (Lipinski definition) is 0. The first kappa shape index (κ1) is 64.1. The van der Waals surface area contributed by atoms with Crippen molar-refractivity contribution in [3.8, 4) is 89.8 Å². The first-order valence-electron chi connectivity index (χ1n) is 32.9. The summed E-state index contributed by atoms with van der Waals surface area (Å²) in [6.45, 7) is 7.59. The predicted octanol–water partition coefficient (Wildman–Crippen LogP) is 21.0. The molecule has 0 fully saturated rings. The molecule has 0 N–H and O–H groups in total. The molecule has 0 spiro atoms. The molecule has 0 saturated carbocycles. The summed E-state index contributed by atoms with van der Waals surface area (Å²) < 4.78 is 38.1. The average molecular weight is 1580 g/mol. The van der Waals surface area contributed by atoms with Gasteiger partial charge in [0.2, 0.25) is 0 Å². The minimum absolute atomic E-state index is 0. The van der Waals surface area contributed by atoms with Gasteiger partial charge in [-0.15, -0.1) is 215 Å². The van der Waals surface area contributed by atoms with E-state index in [-0.39, 0.29) is 58.7 Å². The van der Waals surface area contributed by atoms with E-state index >= 15 is 0 Å². The first-order chi connectivity index (χ1) is 47.2. The molecule has 8 heteroatoms. The Balaban J connectivity index is 0.000000168. The van der Waals surface area contributed by atoms with Crippen LogP contribution in [-0.2, 0) is 53.0 Å². The fourth-order valence-electron chi connectivity index (χ4n) is 9.41. The maximum atomic E-state index is 8.13. The van der Waals surface area contributed by atoms with E-state index < -0.39 is 6.85 Å². The van der Waals surface area contributed by atoms with Crippen molar-refractivity contribution in [2.45, 2.75) is 54.3 Å². The molecule has 94 heavy (non-hydrogen) atoms. The Bertz CT molecular complexity index is 4320. The molecule has 0 amide bonds. The van der Waals surface area contributed by atoms with Crippen molar-refractivity contribution in [2.24, 2.45) is 0 Å². The smallest absolute Gasteiger partial charge is 0.304 e. The van der Waals surface area contributed by atoms with Crippen LogP contribution in [0.1, 0.15) is 54.6 Å². The van der Waals surface area contributed by atoms with Gasteiger partial charge in [0.15, 0.2) is 0 Å². The predicted molar refractivity (Wildman–Crippen MR) is 380 cm³/mol. The van der Waals surface area contributed by atoms with Crippen molar-refractivity contribution in [2.75, 3.05) is 0 Å². The van der Waals surface area contributed by atoms with E-state index in [0.717, 1.165) is 112 Å². The van der Waals surface area contributed by atoms with Crippen LogP contribution < -0.4 is 0 Å². The van der Waals surface area contributed by atoms with Crippen LogP contribution in [-0.4, -0.2) is 29.9 Å². The number of aryl methyl sites for hydroxylation is 6. The molecule has 14 rings (SSSR count). The summed E-state index contributed by atoms with van der Waals surface area (Å²) in [6, 6.07) is 113. The molecule has 0 aliphatic heterocycles. The summed E-state index contributed by atoms with van der Waals surface area (Å²) >= 11 is 0. The third-order valence-electron chi connectivity index (χ3n) is 14.0. The topological polar surface area (TPSA) is 77.3 Å². The summed E-state index contributed by atoms with van der Waals surface area (Å²) in [5.74, 6) is 0. The fourth-order valence-corrected chi connectivity index (χ4v) is 9.41. The number of hydrogen-bond acceptors (Lipinski definition) is 6. The number of rotatable bonds is 10. The summed E-state index contributed by atoms with van der Waals surface area (Å²) in [5, 5.41) is 0. The minimum atomic E-state index is -2.16. The molecule has 0 aliphatic rings. The van der Waals surface area contributed by atoms with Crippen molar-refractivity contribution >= 4 is 0 Å². The molecule has 14 aromatic rings. The Morgan fingerprint density at radius 3 is 0.798 bits per heavy atom. The molecule has 0 radical (unpaired) electrons. The number of pyridine rings is 6. The molecule has 6 heterocycles. The van der Waals surface area contributed by atoms with E-state index in [0.29, 0.717) is 5.69 Å². The van der Waals surface area contributed by atoms with Gasteiger partial charge in [0.05, 0.1) is 0 Å². The molecule has 0 saturated heterocycles. The second-order valence-electron chi connectivity index (χ2n) is 20.7. The molecule has 0 aliphatic carbocycles. The van der Waals surface area contributed by atoms with Crippen LogP contribution in [0.5, 0.6) is 0 Å². The van der Waals surface area contributed by atoms with Crippen molar-refractivity contribution in [3.05, 3.63) is 374 Å². The zero-order valence-electron chi connectivity index (χ0n) is 57.9. The van der Waals surface area contributed by atoms with Crippen LogP contribution in [0.15, 0.2) is 304 Å². The number of benzene rings is 8. The van der Waals surface area contributed by atoms with E-state index in [1.807, 2.05) is 290 Å². The second kappa shape index (κ2) is 38.7. The fraction of sp³-hybridized carbons (Fsp3) is 0.0930. The molecular weight excluding hydrogens is 1500 g/mol. The van der Waals surface area contributed by atoms with Crippen molar-refractivity contribution < 1.29 is 47.1 Å². The monoisotopic (exact) mass is 1580 g/mol. The zero-order chi connectivity index (χ0) is 68.2. The SMILES string of the molecule is Cc1cccc(-c2[c-]cccc2)n1.Cc1cccc(-c2[c-]cccc2)n1.Cc1cccc(-c2[c-]cccc2)n1.[2H]C(C)c1cc(-c2[c-]cccc2)ncc1-c1ccccc1.[2H]C(C)c1cc(-c2[c-]cccc2)ncc1-c1ccccc1.[2H]C([2H])([2H])c1cccc(-c2[c-]cccc2)n1.[Ir+3].[Ir+3]. The normalized spacial score (nSPS) is 11.5. The molecule has 464 valence electrons. The van der Waals surface area contributed by atoms with Crippen molar-refractivity contribution in [1.82, 2.24) is 29.9 Å². The molecule has 6 aromatic heterocycles. The summed E-state index contributed by atoms with van der Waals surface area (Å²) in [6.07, 6.45) is 3.13. The average Bonchev–Trinajstić information content (AvgIpc) is 0.824. The van der Waals surface area contributed by atoms with Crippen molar-refractivity contribution in [3.63, 3.8) is 0 Å². The molecular formula is C86H72Ir2N6. The zero-order valence-corrected chi connectivity index (χ0v) is 57.7. The third kappa shape index (κ3) is 22.1. The molecule has 8 aromatic carbocycles. The second-order valence-corrected chi connectivity index (χ2v) is 20.7. The van der Waals surface area contributed by atoms with Crippen LogP contribution in [0, 0.1) is 64.0 Å². The largest absolute Gasteiger partial charge is 3.00 e. The van der Waals surface area contributed by atoms with E-state index in [1.54, 1.807) is 18.2 Å². The van der Waals surface area contributed by atoms with Gasteiger partial charge in [0.25, 0.3) is 0 Å². The molecule has 0 bridgehead atoms. The van der Waals surface area contributed by atoms with Gasteiger partial charge < -0.3 is 29.9 Å². The van der Waals surface area contributed by atoms with Crippen LogP contribution in [0.2, 0.25) is 0 Å². The summed E-state index contributed by atoms with van der Waals surface area (Å²) in [4.78, 5) is 26.5. The minimum Gasteiger partial charge on any atom is -0.304 e. The van der Waals surface area contributed by atoms with E-state index in [2.05, 4.69) is 90.6 Å². The first-order valence-corrected chi connectivity index (χ1v) is 30.2. The number of nitrogens with zero attached hydrogens (tertiary/aromatic N) is 6. The number of aromatic nitrogens is 6. The quantitative estimate of drug-likeness (QED) is 0.127. The Morgan fingerprint density at radius 1 is 0.298 bits per heavy atom. The van der Waals surface area contributed by atoms with Gasteiger partial charge in [-0.25, -0.2) is 0 Å². The molecule has 2 atom stereocenters. The molecule has 2 unspecified atom stereocenters. The van der Waals surface area contributed by atoms with Crippen LogP contribution in [0.3, 0.4) is 0 Å². The van der Waals surface area contributed by atoms with E-state index in [4.69, 9.17) is 6.85 Å². The van der Waals surface area contributed by atoms with Crippen LogP contribution in [0.25, 0.3) is 89.8 Å². The van der Waals surface area contributed by atoms with E-state index in [9.17, 15) is 0 Å². The standard InChI is InChI=1S/2C19H16N.4C12H10N.2Ir/c2*1-2-15-13-19(17-11-7-4-8-12-17)20-14-18(15)16-9-5-3-6-10-16;4*1-10-6-5-9-12(13-10)11-7-3-2-4-8-11;;/h2*3-11,13-14H,2H2,1H3;4*2-7,9H,1H3;;/q6*-1;2*+3/i2*2D;1D3;;;;;. The maximum absolute atomic E-state index is 8.13. The Morgan fingerprint density at radius 2 is 0.553 bits per heavy atom. The van der Waals surface area contributed by atoms with Gasteiger partial charge >= 0.3 is 40.2 Å². The van der Waals surface area contributed by atoms with Gasteiger partial charge in [-0.3, -0.25) is 0 Å². The van der Waals surface area contributed by atoms with Crippen LogP contribution in [0.4, 0.5) is 0 Å². The van der Waals surface area contributed by atoms with Crippen molar-refractivity contribution in [1.29, 1.82) is 0 Å². The Labute approximate surface area is 590 Å². The van der Waals surface area contributed by atoms with E-state index in [1.165, 1.54) is 6.07 Å². The van der Waals surface area contributed by atoms with Gasteiger partial charge in [0, 0.05) is 53.2 Å². The third-order valence-corrected chi connectivity index (χ3v) is 14.0. The van der Waals surface area contributed by atoms with Gasteiger partial charge in [-0.2, -0.15) is 0 Å². The molecule has 6 nitrogen and oxygen atoms in total. The maximum Gasteiger partial charge on any atom is 3.00 e. The van der Waals surface area contributed by atoms with Crippen LogP contribution >= 0.6 is 0 Å². The van der Waals surface area contributed by atoms with Gasteiger partial charge in [-0.1, -0.05) is 135 Å².